The lowest BCUT2D eigenvalue weighted by Crippen LogP contribution is -2.44. The van der Waals surface area contributed by atoms with Crippen LogP contribution in [0.15, 0.2) is 63.9 Å². The predicted molar refractivity (Wildman–Crippen MR) is 122 cm³/mol. The second kappa shape index (κ2) is 8.51. The van der Waals surface area contributed by atoms with Crippen LogP contribution in [0.1, 0.15) is 17.4 Å². The first-order valence-corrected chi connectivity index (χ1v) is 10.7. The molecule has 9 nitrogen and oxygen atoms in total. The maximum atomic E-state index is 13.1. The van der Waals surface area contributed by atoms with Crippen molar-refractivity contribution in [1.82, 2.24) is 19.4 Å². The molecule has 1 fully saturated rings. The van der Waals surface area contributed by atoms with Crippen molar-refractivity contribution in [3.05, 3.63) is 76.5 Å². The molecule has 0 spiro atoms. The highest BCUT2D eigenvalue weighted by Gasteiger charge is 2.27. The van der Waals surface area contributed by atoms with E-state index >= 15 is 0 Å². The molecular formula is C24H23N5O4. The number of nitrogen functional groups attached to an aromatic ring is 1. The molecule has 1 aromatic carbocycles. The highest BCUT2D eigenvalue weighted by molar-refractivity contribution is 5.80. The first kappa shape index (κ1) is 20.9. The number of carbonyl (C=O) groups is 1. The number of anilines is 1. The third kappa shape index (κ3) is 4.22. The summed E-state index contributed by atoms with van der Waals surface area (Å²) in [6, 6.07) is 14.7. The molecule has 9 heteroatoms. The summed E-state index contributed by atoms with van der Waals surface area (Å²) in [5.41, 5.74) is 10.1. The lowest BCUT2D eigenvalue weighted by molar-refractivity contribution is -0.139. The summed E-state index contributed by atoms with van der Waals surface area (Å²) in [5, 5.41) is 0. The summed E-state index contributed by atoms with van der Waals surface area (Å²) < 4.78 is 12.6. The van der Waals surface area contributed by atoms with Gasteiger partial charge in [-0.25, -0.2) is 14.8 Å². The molecule has 0 bridgehead atoms. The number of pyridine rings is 2. The number of hydrogen-bond acceptors (Lipinski definition) is 7. The highest BCUT2D eigenvalue weighted by Crippen LogP contribution is 2.25. The number of nitrogens with two attached hydrogens (primary N) is 1. The van der Waals surface area contributed by atoms with Gasteiger partial charge in [0.25, 0.3) is 0 Å². The molecule has 4 aromatic rings. The van der Waals surface area contributed by atoms with Crippen LogP contribution in [0.4, 0.5) is 5.82 Å². The van der Waals surface area contributed by atoms with Crippen LogP contribution in [0.2, 0.25) is 0 Å². The molecule has 33 heavy (non-hydrogen) atoms. The Balaban J connectivity index is 1.34. The maximum absolute atomic E-state index is 13.1. The summed E-state index contributed by atoms with van der Waals surface area (Å²) in [7, 11) is 0. The van der Waals surface area contributed by atoms with Crippen LogP contribution in [0.25, 0.3) is 22.4 Å². The molecule has 0 saturated carbocycles. The van der Waals surface area contributed by atoms with Crippen molar-refractivity contribution in [2.75, 3.05) is 25.4 Å². The Morgan fingerprint density at radius 3 is 2.91 bits per heavy atom. The van der Waals surface area contributed by atoms with Gasteiger partial charge in [-0.3, -0.25) is 9.36 Å². The monoisotopic (exact) mass is 445 g/mol. The van der Waals surface area contributed by atoms with Gasteiger partial charge in [-0.05, 0) is 48.9 Å². The van der Waals surface area contributed by atoms with Gasteiger partial charge >= 0.3 is 5.76 Å². The summed E-state index contributed by atoms with van der Waals surface area (Å²) in [5.74, 6) is -0.270. The number of ether oxygens (including phenoxy) is 1. The average molecular weight is 445 g/mol. The second-order valence-corrected chi connectivity index (χ2v) is 8.04. The van der Waals surface area contributed by atoms with Gasteiger partial charge in [0.15, 0.2) is 5.58 Å². The molecule has 1 aliphatic rings. The maximum Gasteiger partial charge on any atom is 0.420 e. The predicted octanol–water partition coefficient (Wildman–Crippen LogP) is 2.54. The minimum atomic E-state index is -0.541. The molecule has 0 unspecified atom stereocenters. The standard InChI is InChI=1S/C24H23N5O4/c1-15-5-7-20-19(11-15)29(24(31)33-20)14-23(30)28-9-10-32-21(13-28)18-4-2-3-17(27-18)16-6-8-22(25)26-12-16/h2-8,11-12,21H,9-10,13-14H2,1H3,(H2,25,26)/t21-/m0/s1. The number of nitrogens with zero attached hydrogens (tertiary/aromatic N) is 4. The molecule has 168 valence electrons. The van der Waals surface area contributed by atoms with Crippen molar-refractivity contribution in [2.45, 2.75) is 19.6 Å². The number of amides is 1. The summed E-state index contributed by atoms with van der Waals surface area (Å²) in [6.07, 6.45) is 1.30. The molecule has 1 amide bonds. The van der Waals surface area contributed by atoms with E-state index in [1.54, 1.807) is 23.2 Å². The fraction of sp³-hybridized carbons (Fsp3) is 0.250. The number of morpholine rings is 1. The van der Waals surface area contributed by atoms with Crippen LogP contribution in [-0.4, -0.2) is 45.0 Å². The third-order valence-corrected chi connectivity index (χ3v) is 5.72. The van der Waals surface area contributed by atoms with Gasteiger partial charge in [0.05, 0.1) is 30.1 Å². The Labute approximate surface area is 189 Å². The van der Waals surface area contributed by atoms with E-state index in [1.807, 2.05) is 43.3 Å². The Morgan fingerprint density at radius 1 is 1.21 bits per heavy atom. The van der Waals surface area contributed by atoms with E-state index in [-0.39, 0.29) is 18.6 Å². The van der Waals surface area contributed by atoms with Crippen LogP contribution >= 0.6 is 0 Å². The van der Waals surface area contributed by atoms with Crippen LogP contribution in [0.3, 0.4) is 0 Å². The van der Waals surface area contributed by atoms with Gasteiger partial charge in [-0.1, -0.05) is 12.1 Å². The minimum absolute atomic E-state index is 0.0907. The number of hydrogen-bond donors (Lipinski definition) is 1. The van der Waals surface area contributed by atoms with Gasteiger partial charge in [0.2, 0.25) is 5.91 Å². The number of aryl methyl sites for hydroxylation is 1. The quantitative estimate of drug-likeness (QED) is 0.513. The molecule has 5 rings (SSSR count). The summed E-state index contributed by atoms with van der Waals surface area (Å²) in [4.78, 5) is 35.9. The van der Waals surface area contributed by atoms with Crippen LogP contribution in [0, 0.1) is 6.92 Å². The first-order chi connectivity index (χ1) is 16.0. The number of fused-ring (bicyclic) bond motifs is 1. The lowest BCUT2D eigenvalue weighted by atomic mass is 10.1. The zero-order valence-corrected chi connectivity index (χ0v) is 18.1. The fourth-order valence-corrected chi connectivity index (χ4v) is 3.96. The number of aromatic nitrogens is 3. The van der Waals surface area contributed by atoms with Crippen LogP contribution < -0.4 is 11.5 Å². The van der Waals surface area contributed by atoms with Gasteiger partial charge in [0.1, 0.15) is 18.5 Å². The molecule has 0 radical (unpaired) electrons. The number of benzene rings is 1. The van der Waals surface area contributed by atoms with Gasteiger partial charge in [0, 0.05) is 18.3 Å². The van der Waals surface area contributed by atoms with E-state index in [9.17, 15) is 9.59 Å². The fourth-order valence-electron chi connectivity index (χ4n) is 3.96. The van der Waals surface area contributed by atoms with Crippen molar-refractivity contribution in [3.8, 4) is 11.3 Å². The topological polar surface area (TPSA) is 116 Å². The largest absolute Gasteiger partial charge is 0.420 e. The second-order valence-electron chi connectivity index (χ2n) is 8.04. The Hall–Kier alpha value is -3.98. The van der Waals surface area contributed by atoms with Crippen molar-refractivity contribution < 1.29 is 13.9 Å². The van der Waals surface area contributed by atoms with Gasteiger partial charge < -0.3 is 19.8 Å². The molecular weight excluding hydrogens is 422 g/mol. The summed E-state index contributed by atoms with van der Waals surface area (Å²) in [6.45, 7) is 3.01. The summed E-state index contributed by atoms with van der Waals surface area (Å²) >= 11 is 0. The zero-order valence-electron chi connectivity index (χ0n) is 18.1. The SMILES string of the molecule is Cc1ccc2oc(=O)n(CC(=O)N3CCO[C@H](c4cccc(-c5ccc(N)nc5)n4)C3)c2c1. The van der Waals surface area contributed by atoms with Crippen LogP contribution in [-0.2, 0) is 16.1 Å². The van der Waals surface area contributed by atoms with E-state index in [1.165, 1.54) is 4.57 Å². The van der Waals surface area contributed by atoms with Gasteiger partial charge in [-0.15, -0.1) is 0 Å². The number of carbonyl (C=O) groups excluding carboxylic acids is 1. The van der Waals surface area contributed by atoms with Crippen molar-refractivity contribution in [1.29, 1.82) is 0 Å². The lowest BCUT2D eigenvalue weighted by Gasteiger charge is -2.32. The average Bonchev–Trinajstić information content (AvgIpc) is 3.14. The van der Waals surface area contributed by atoms with Crippen molar-refractivity contribution in [3.63, 3.8) is 0 Å². The van der Waals surface area contributed by atoms with Crippen molar-refractivity contribution >= 4 is 22.8 Å². The van der Waals surface area contributed by atoms with E-state index in [2.05, 4.69) is 4.98 Å². The molecule has 2 N–H and O–H groups in total. The number of oxazole rings is 1. The molecule has 1 aliphatic heterocycles. The van der Waals surface area contributed by atoms with E-state index < -0.39 is 5.76 Å². The van der Waals surface area contributed by atoms with E-state index in [0.29, 0.717) is 36.6 Å². The Kier molecular flexibility index (Phi) is 5.39. The molecule has 1 atom stereocenters. The molecule has 1 saturated heterocycles. The molecule has 0 aliphatic carbocycles. The van der Waals surface area contributed by atoms with E-state index in [4.69, 9.17) is 19.9 Å². The van der Waals surface area contributed by atoms with Crippen molar-refractivity contribution in [2.24, 2.45) is 0 Å². The zero-order chi connectivity index (χ0) is 22.9. The van der Waals surface area contributed by atoms with Crippen LogP contribution in [0.5, 0.6) is 0 Å². The first-order valence-electron chi connectivity index (χ1n) is 10.7. The number of rotatable bonds is 4. The van der Waals surface area contributed by atoms with E-state index in [0.717, 1.165) is 22.5 Å². The molecule has 3 aromatic heterocycles. The normalized spacial score (nSPS) is 16.3. The Bertz CT molecular complexity index is 1380. The Morgan fingerprint density at radius 2 is 2.09 bits per heavy atom. The molecule has 4 heterocycles. The smallest absolute Gasteiger partial charge is 0.408 e. The third-order valence-electron chi connectivity index (χ3n) is 5.72. The van der Waals surface area contributed by atoms with Gasteiger partial charge in [-0.2, -0.15) is 0 Å². The minimum Gasteiger partial charge on any atom is -0.408 e. The highest BCUT2D eigenvalue weighted by atomic mass is 16.5.